The summed E-state index contributed by atoms with van der Waals surface area (Å²) in [6.07, 6.45) is 0.948. The van der Waals surface area contributed by atoms with E-state index >= 15 is 0 Å². The number of aryl methyl sites for hydroxylation is 2. The monoisotopic (exact) mass is 386 g/mol. The number of hydrogen-bond donors (Lipinski definition) is 1. The van der Waals surface area contributed by atoms with Crippen LogP contribution in [0.15, 0.2) is 75.9 Å². The van der Waals surface area contributed by atoms with E-state index in [1.807, 2.05) is 55.5 Å². The molecule has 0 saturated heterocycles. The van der Waals surface area contributed by atoms with E-state index < -0.39 is 5.76 Å². The molecular formula is C24H22N2O3. The number of fused-ring (bicyclic) bond motifs is 1. The summed E-state index contributed by atoms with van der Waals surface area (Å²) in [5, 5.41) is 2.90. The van der Waals surface area contributed by atoms with E-state index in [1.165, 1.54) is 5.56 Å². The third-order valence-electron chi connectivity index (χ3n) is 5.01. The lowest BCUT2D eigenvalue weighted by molar-refractivity contribution is 0.102. The van der Waals surface area contributed by atoms with E-state index in [0.29, 0.717) is 23.2 Å². The van der Waals surface area contributed by atoms with Crippen molar-refractivity contribution in [2.24, 2.45) is 0 Å². The van der Waals surface area contributed by atoms with Crippen molar-refractivity contribution in [3.63, 3.8) is 0 Å². The van der Waals surface area contributed by atoms with Gasteiger partial charge in [0.15, 0.2) is 5.58 Å². The molecule has 1 heterocycles. The Morgan fingerprint density at radius 1 is 0.966 bits per heavy atom. The Kier molecular flexibility index (Phi) is 5.04. The second kappa shape index (κ2) is 7.80. The van der Waals surface area contributed by atoms with Crippen LogP contribution in [0.4, 0.5) is 5.69 Å². The predicted molar refractivity (Wildman–Crippen MR) is 115 cm³/mol. The normalized spacial score (nSPS) is 11.0. The Bertz CT molecular complexity index is 1220. The zero-order valence-electron chi connectivity index (χ0n) is 16.4. The molecule has 0 saturated carbocycles. The van der Waals surface area contributed by atoms with E-state index in [-0.39, 0.29) is 5.91 Å². The van der Waals surface area contributed by atoms with Crippen molar-refractivity contribution >= 4 is 22.7 Å². The van der Waals surface area contributed by atoms with Crippen molar-refractivity contribution in [2.45, 2.75) is 26.8 Å². The first kappa shape index (κ1) is 18.7. The molecule has 1 aromatic heterocycles. The molecule has 0 spiro atoms. The summed E-state index contributed by atoms with van der Waals surface area (Å²) in [6.45, 7) is 4.49. The molecule has 1 N–H and O–H groups in total. The smallest absolute Gasteiger partial charge is 0.408 e. The number of amides is 1. The Labute approximate surface area is 168 Å². The minimum absolute atomic E-state index is 0.230. The van der Waals surface area contributed by atoms with Crippen molar-refractivity contribution < 1.29 is 9.21 Å². The molecular weight excluding hydrogens is 364 g/mol. The maximum Gasteiger partial charge on any atom is 0.420 e. The molecule has 29 heavy (non-hydrogen) atoms. The highest BCUT2D eigenvalue weighted by molar-refractivity contribution is 6.05. The minimum Gasteiger partial charge on any atom is -0.408 e. The van der Waals surface area contributed by atoms with E-state index in [2.05, 4.69) is 12.2 Å². The van der Waals surface area contributed by atoms with Crippen molar-refractivity contribution in [1.82, 2.24) is 4.57 Å². The van der Waals surface area contributed by atoms with Crippen LogP contribution in [0.5, 0.6) is 0 Å². The maximum absolute atomic E-state index is 12.7. The van der Waals surface area contributed by atoms with Crippen LogP contribution in [0, 0.1) is 6.92 Å². The topological polar surface area (TPSA) is 64.2 Å². The molecule has 3 aromatic carbocycles. The van der Waals surface area contributed by atoms with Crippen LogP contribution in [0.1, 0.15) is 34.0 Å². The second-order valence-corrected chi connectivity index (χ2v) is 7.13. The molecule has 0 atom stereocenters. The van der Waals surface area contributed by atoms with Gasteiger partial charge in [0.05, 0.1) is 12.1 Å². The van der Waals surface area contributed by atoms with E-state index in [0.717, 1.165) is 23.2 Å². The lowest BCUT2D eigenvalue weighted by atomic mass is 10.1. The SMILES string of the molecule is CCc1ccc(NC(=O)c2ccc3oc(=O)n(Cc4ccc(C)cc4)c3c2)cc1. The number of carbonyl (C=O) groups is 1. The zero-order chi connectivity index (χ0) is 20.4. The number of nitrogens with one attached hydrogen (secondary N) is 1. The van der Waals surface area contributed by atoms with Crippen molar-refractivity contribution in [3.8, 4) is 0 Å². The highest BCUT2D eigenvalue weighted by Crippen LogP contribution is 2.18. The molecule has 5 heteroatoms. The van der Waals surface area contributed by atoms with Crippen molar-refractivity contribution in [3.05, 3.63) is 99.5 Å². The van der Waals surface area contributed by atoms with Crippen LogP contribution in [0.25, 0.3) is 11.1 Å². The standard InChI is InChI=1S/C24H22N2O3/c1-3-17-8-11-20(12-9-17)25-23(27)19-10-13-22-21(14-19)26(24(28)29-22)15-18-6-4-16(2)5-7-18/h4-14H,3,15H2,1-2H3,(H,25,27). The fourth-order valence-corrected chi connectivity index (χ4v) is 3.26. The predicted octanol–water partition coefficient (Wildman–Crippen LogP) is 4.77. The fraction of sp³-hybridized carbons (Fsp3) is 0.167. The summed E-state index contributed by atoms with van der Waals surface area (Å²) in [5.41, 5.74) is 5.63. The van der Waals surface area contributed by atoms with Crippen LogP contribution < -0.4 is 11.1 Å². The third-order valence-corrected chi connectivity index (χ3v) is 5.01. The highest BCUT2D eigenvalue weighted by atomic mass is 16.4. The van der Waals surface area contributed by atoms with Crippen LogP contribution >= 0.6 is 0 Å². The second-order valence-electron chi connectivity index (χ2n) is 7.13. The molecule has 0 radical (unpaired) electrons. The minimum atomic E-state index is -0.437. The lowest BCUT2D eigenvalue weighted by Gasteiger charge is -2.07. The molecule has 4 rings (SSSR count). The Morgan fingerprint density at radius 3 is 2.34 bits per heavy atom. The van der Waals surface area contributed by atoms with Gasteiger partial charge in [-0.1, -0.05) is 48.9 Å². The average molecular weight is 386 g/mol. The van der Waals surface area contributed by atoms with Gasteiger partial charge in [0.2, 0.25) is 0 Å². The fourth-order valence-electron chi connectivity index (χ4n) is 3.26. The number of carbonyl (C=O) groups excluding carboxylic acids is 1. The number of benzene rings is 3. The van der Waals surface area contributed by atoms with Crippen molar-refractivity contribution in [1.29, 1.82) is 0 Å². The first-order valence-electron chi connectivity index (χ1n) is 9.62. The summed E-state index contributed by atoms with van der Waals surface area (Å²) in [4.78, 5) is 25.0. The largest absolute Gasteiger partial charge is 0.420 e. The van der Waals surface area contributed by atoms with Gasteiger partial charge in [0, 0.05) is 11.3 Å². The van der Waals surface area contributed by atoms with E-state index in [1.54, 1.807) is 22.8 Å². The summed E-state index contributed by atoms with van der Waals surface area (Å²) in [7, 11) is 0. The van der Waals surface area contributed by atoms with Gasteiger partial charge in [-0.2, -0.15) is 0 Å². The molecule has 1 amide bonds. The molecule has 0 fully saturated rings. The zero-order valence-corrected chi connectivity index (χ0v) is 16.4. The maximum atomic E-state index is 12.7. The number of nitrogens with zero attached hydrogens (tertiary/aromatic N) is 1. The third kappa shape index (κ3) is 3.99. The van der Waals surface area contributed by atoms with Crippen LogP contribution in [-0.2, 0) is 13.0 Å². The number of aromatic nitrogens is 1. The van der Waals surface area contributed by atoms with Gasteiger partial charge in [-0.05, 0) is 54.8 Å². The van der Waals surface area contributed by atoms with Gasteiger partial charge < -0.3 is 9.73 Å². The molecule has 5 nitrogen and oxygen atoms in total. The summed E-state index contributed by atoms with van der Waals surface area (Å²) in [5.74, 6) is -0.667. The van der Waals surface area contributed by atoms with E-state index in [9.17, 15) is 9.59 Å². The number of anilines is 1. The molecule has 4 aromatic rings. The van der Waals surface area contributed by atoms with Crippen molar-refractivity contribution in [2.75, 3.05) is 5.32 Å². The molecule has 146 valence electrons. The average Bonchev–Trinajstić information content (AvgIpc) is 3.04. The summed E-state index contributed by atoms with van der Waals surface area (Å²) in [6, 6.07) is 20.8. The summed E-state index contributed by atoms with van der Waals surface area (Å²) < 4.78 is 6.90. The number of rotatable bonds is 5. The number of oxazole rings is 1. The molecule has 0 aliphatic carbocycles. The van der Waals surface area contributed by atoms with E-state index in [4.69, 9.17) is 4.42 Å². The lowest BCUT2D eigenvalue weighted by Crippen LogP contribution is -2.15. The molecule has 0 bridgehead atoms. The van der Waals surface area contributed by atoms with Gasteiger partial charge >= 0.3 is 5.76 Å². The first-order valence-corrected chi connectivity index (χ1v) is 9.62. The van der Waals surface area contributed by atoms with Gasteiger partial charge in [0.25, 0.3) is 5.91 Å². The molecule has 0 aliphatic heterocycles. The van der Waals surface area contributed by atoms with Crippen LogP contribution in [0.2, 0.25) is 0 Å². The Balaban J connectivity index is 1.63. The van der Waals surface area contributed by atoms with Gasteiger partial charge in [-0.15, -0.1) is 0 Å². The summed E-state index contributed by atoms with van der Waals surface area (Å²) >= 11 is 0. The van der Waals surface area contributed by atoms with Gasteiger partial charge in [0.1, 0.15) is 0 Å². The Hall–Kier alpha value is -3.60. The quantitative estimate of drug-likeness (QED) is 0.537. The van der Waals surface area contributed by atoms with Gasteiger partial charge in [-0.3, -0.25) is 9.36 Å². The first-order chi connectivity index (χ1) is 14.0. The number of hydrogen-bond acceptors (Lipinski definition) is 3. The van der Waals surface area contributed by atoms with Crippen LogP contribution in [0.3, 0.4) is 0 Å². The Morgan fingerprint density at radius 2 is 1.66 bits per heavy atom. The van der Waals surface area contributed by atoms with Gasteiger partial charge in [-0.25, -0.2) is 4.79 Å². The molecule has 0 aliphatic rings. The van der Waals surface area contributed by atoms with Crippen LogP contribution in [-0.4, -0.2) is 10.5 Å². The molecule has 0 unspecified atom stereocenters. The highest BCUT2D eigenvalue weighted by Gasteiger charge is 2.14.